The monoisotopic (exact) mass is 310 g/mol. The molecular formula is C20H16F2O. The minimum absolute atomic E-state index is 0.143. The molecule has 116 valence electrons. The van der Waals surface area contributed by atoms with Crippen LogP contribution in [0.15, 0.2) is 47.5 Å². The molecule has 0 N–H and O–H groups in total. The third-order valence-electron chi connectivity index (χ3n) is 4.92. The maximum atomic E-state index is 13.5. The van der Waals surface area contributed by atoms with Crippen molar-refractivity contribution in [1.82, 2.24) is 0 Å². The number of carbonyl (C=O) groups excluding carboxylic acids is 1. The summed E-state index contributed by atoms with van der Waals surface area (Å²) in [4.78, 5) is 12.5. The predicted molar refractivity (Wildman–Crippen MR) is 84.3 cm³/mol. The topological polar surface area (TPSA) is 17.1 Å². The van der Waals surface area contributed by atoms with Crippen molar-refractivity contribution in [3.05, 3.63) is 81.4 Å². The van der Waals surface area contributed by atoms with Gasteiger partial charge in [-0.05, 0) is 71.4 Å². The van der Waals surface area contributed by atoms with Gasteiger partial charge in [0.05, 0.1) is 0 Å². The van der Waals surface area contributed by atoms with Gasteiger partial charge in [-0.1, -0.05) is 17.7 Å². The molecule has 0 aliphatic heterocycles. The Morgan fingerprint density at radius 3 is 2.09 bits per heavy atom. The molecule has 0 saturated carbocycles. The molecule has 2 aromatic rings. The lowest BCUT2D eigenvalue weighted by atomic mass is 9.79. The van der Waals surface area contributed by atoms with E-state index >= 15 is 0 Å². The summed E-state index contributed by atoms with van der Waals surface area (Å²) in [5, 5.41) is 0. The summed E-state index contributed by atoms with van der Waals surface area (Å²) in [7, 11) is 0. The highest BCUT2D eigenvalue weighted by atomic mass is 19.1. The number of aryl methyl sites for hydroxylation is 1. The summed E-state index contributed by atoms with van der Waals surface area (Å²) in [5.41, 5.74) is 5.93. The molecule has 2 aliphatic rings. The molecular weight excluding hydrogens is 294 g/mol. The number of benzene rings is 2. The second-order valence-corrected chi connectivity index (χ2v) is 6.36. The van der Waals surface area contributed by atoms with Crippen LogP contribution in [0.25, 0.3) is 0 Å². The van der Waals surface area contributed by atoms with Crippen molar-refractivity contribution in [2.24, 2.45) is 0 Å². The number of Topliss-reactive ketones (excluding diaryl/α,β-unsaturated/α-hetero) is 1. The van der Waals surface area contributed by atoms with Gasteiger partial charge in [0.25, 0.3) is 0 Å². The smallest absolute Gasteiger partial charge is 0.163 e. The summed E-state index contributed by atoms with van der Waals surface area (Å²) >= 11 is 0. The molecule has 0 radical (unpaired) electrons. The van der Waals surface area contributed by atoms with E-state index in [-0.39, 0.29) is 17.4 Å². The SMILES string of the molecule is O=C1Cc2ccc(F)cc2C/C1=C1/CCc2cc(F)ccc2C1. The average molecular weight is 310 g/mol. The van der Waals surface area contributed by atoms with Crippen molar-refractivity contribution in [2.45, 2.75) is 32.1 Å². The van der Waals surface area contributed by atoms with Crippen LogP contribution in [0.5, 0.6) is 0 Å². The summed E-state index contributed by atoms with van der Waals surface area (Å²) in [6.07, 6.45) is 3.10. The standard InChI is InChI=1S/C20H16F2O/c21-17-5-3-12-7-15(2-1-13(12)8-17)19-10-16-9-18(22)6-4-14(16)11-20(19)23/h3-6,8-9H,1-2,7,10-11H2/b19-15+. The number of ketones is 1. The van der Waals surface area contributed by atoms with Crippen LogP contribution in [0, 0.1) is 11.6 Å². The molecule has 0 bridgehead atoms. The van der Waals surface area contributed by atoms with Crippen LogP contribution in [-0.4, -0.2) is 5.78 Å². The first-order chi connectivity index (χ1) is 11.1. The molecule has 0 aromatic heterocycles. The van der Waals surface area contributed by atoms with Gasteiger partial charge in [-0.3, -0.25) is 4.79 Å². The van der Waals surface area contributed by atoms with Crippen molar-refractivity contribution < 1.29 is 13.6 Å². The number of carbonyl (C=O) groups is 1. The molecule has 1 nitrogen and oxygen atoms in total. The third-order valence-corrected chi connectivity index (χ3v) is 4.92. The fourth-order valence-corrected chi connectivity index (χ4v) is 3.68. The summed E-state index contributed by atoms with van der Waals surface area (Å²) in [6, 6.07) is 9.53. The molecule has 0 amide bonds. The average Bonchev–Trinajstić information content (AvgIpc) is 2.54. The lowest BCUT2D eigenvalue weighted by Gasteiger charge is -2.25. The predicted octanol–water partition coefficient (Wildman–Crippen LogP) is 4.12. The van der Waals surface area contributed by atoms with Crippen LogP contribution in [0.4, 0.5) is 8.78 Å². The number of hydrogen-bond acceptors (Lipinski definition) is 1. The number of hydrogen-bond donors (Lipinski definition) is 0. The van der Waals surface area contributed by atoms with Crippen LogP contribution < -0.4 is 0 Å². The van der Waals surface area contributed by atoms with E-state index in [1.54, 1.807) is 12.1 Å². The van der Waals surface area contributed by atoms with Crippen molar-refractivity contribution in [1.29, 1.82) is 0 Å². The van der Waals surface area contributed by atoms with Crippen molar-refractivity contribution in [3.63, 3.8) is 0 Å². The molecule has 3 heteroatoms. The van der Waals surface area contributed by atoms with Crippen LogP contribution in [-0.2, 0) is 30.5 Å². The molecule has 0 fully saturated rings. The van der Waals surface area contributed by atoms with Gasteiger partial charge in [0.2, 0.25) is 0 Å². The highest BCUT2D eigenvalue weighted by molar-refractivity contribution is 5.99. The fourth-order valence-electron chi connectivity index (χ4n) is 3.68. The minimum atomic E-state index is -0.257. The largest absolute Gasteiger partial charge is 0.294 e. The zero-order valence-electron chi connectivity index (χ0n) is 12.7. The van der Waals surface area contributed by atoms with Crippen molar-refractivity contribution >= 4 is 5.78 Å². The van der Waals surface area contributed by atoms with Gasteiger partial charge in [-0.25, -0.2) is 8.78 Å². The number of halogens is 2. The Morgan fingerprint density at radius 2 is 1.35 bits per heavy atom. The first kappa shape index (κ1) is 14.3. The van der Waals surface area contributed by atoms with Gasteiger partial charge < -0.3 is 0 Å². The number of fused-ring (bicyclic) bond motifs is 2. The van der Waals surface area contributed by atoms with Gasteiger partial charge in [-0.15, -0.1) is 0 Å². The maximum absolute atomic E-state index is 13.5. The zero-order chi connectivity index (χ0) is 16.0. The molecule has 0 heterocycles. The zero-order valence-corrected chi connectivity index (χ0v) is 12.7. The Bertz CT molecular complexity index is 849. The normalized spacial score (nSPS) is 20.2. The molecule has 2 aromatic carbocycles. The summed E-state index contributed by atoms with van der Waals surface area (Å²) in [6.45, 7) is 0. The van der Waals surface area contributed by atoms with Gasteiger partial charge in [-0.2, -0.15) is 0 Å². The molecule has 0 unspecified atom stereocenters. The molecule has 0 atom stereocenters. The van der Waals surface area contributed by atoms with Crippen LogP contribution in [0.1, 0.15) is 28.7 Å². The van der Waals surface area contributed by atoms with Gasteiger partial charge in [0.1, 0.15) is 11.6 Å². The van der Waals surface area contributed by atoms with E-state index < -0.39 is 0 Å². The Morgan fingerprint density at radius 1 is 0.696 bits per heavy atom. The Hall–Kier alpha value is -2.29. The van der Waals surface area contributed by atoms with Gasteiger partial charge >= 0.3 is 0 Å². The first-order valence-corrected chi connectivity index (χ1v) is 7.89. The second kappa shape index (κ2) is 5.41. The van der Waals surface area contributed by atoms with Crippen LogP contribution in [0.3, 0.4) is 0 Å². The minimum Gasteiger partial charge on any atom is -0.294 e. The van der Waals surface area contributed by atoms with E-state index in [9.17, 15) is 13.6 Å². The maximum Gasteiger partial charge on any atom is 0.163 e. The molecule has 4 rings (SSSR count). The van der Waals surface area contributed by atoms with E-state index in [1.165, 1.54) is 18.2 Å². The Labute approximate surface area is 133 Å². The van der Waals surface area contributed by atoms with Gasteiger partial charge in [0, 0.05) is 12.8 Å². The number of allylic oxidation sites excluding steroid dienone is 2. The highest BCUT2D eigenvalue weighted by Gasteiger charge is 2.25. The highest BCUT2D eigenvalue weighted by Crippen LogP contribution is 2.32. The van der Waals surface area contributed by atoms with Crippen molar-refractivity contribution in [2.75, 3.05) is 0 Å². The Kier molecular flexibility index (Phi) is 3.37. The van der Waals surface area contributed by atoms with E-state index in [1.807, 2.05) is 6.07 Å². The first-order valence-electron chi connectivity index (χ1n) is 7.89. The van der Waals surface area contributed by atoms with Crippen molar-refractivity contribution in [3.8, 4) is 0 Å². The molecule has 0 spiro atoms. The lowest BCUT2D eigenvalue weighted by molar-refractivity contribution is -0.115. The van der Waals surface area contributed by atoms with E-state index in [4.69, 9.17) is 0 Å². The summed E-state index contributed by atoms with van der Waals surface area (Å²) in [5.74, 6) is -0.324. The third kappa shape index (κ3) is 2.61. The Balaban J connectivity index is 1.71. The second-order valence-electron chi connectivity index (χ2n) is 6.36. The van der Waals surface area contributed by atoms with E-state index in [2.05, 4.69) is 0 Å². The van der Waals surface area contributed by atoms with Crippen LogP contribution >= 0.6 is 0 Å². The molecule has 2 aliphatic carbocycles. The quantitative estimate of drug-likeness (QED) is 0.669. The number of rotatable bonds is 0. The fraction of sp³-hybridized carbons (Fsp3) is 0.250. The molecule has 0 saturated heterocycles. The van der Waals surface area contributed by atoms with E-state index in [0.717, 1.165) is 46.2 Å². The summed E-state index contributed by atoms with van der Waals surface area (Å²) < 4.78 is 26.8. The van der Waals surface area contributed by atoms with Gasteiger partial charge in [0.15, 0.2) is 5.78 Å². The van der Waals surface area contributed by atoms with Crippen LogP contribution in [0.2, 0.25) is 0 Å². The lowest BCUT2D eigenvalue weighted by Crippen LogP contribution is -2.21. The molecule has 23 heavy (non-hydrogen) atoms. The van der Waals surface area contributed by atoms with E-state index in [0.29, 0.717) is 19.3 Å².